The van der Waals surface area contributed by atoms with Gasteiger partial charge in [-0.15, -0.1) is 11.3 Å². The first kappa shape index (κ1) is 17.8. The van der Waals surface area contributed by atoms with E-state index >= 15 is 0 Å². The van der Waals surface area contributed by atoms with E-state index < -0.39 is 0 Å². The molecular formula is C18H20N2O3S2. The maximum atomic E-state index is 12.4. The Morgan fingerprint density at radius 1 is 1.20 bits per heavy atom. The van der Waals surface area contributed by atoms with Crippen LogP contribution in [0.3, 0.4) is 0 Å². The molecule has 0 aliphatic rings. The first-order valence-corrected chi connectivity index (χ1v) is 9.89. The van der Waals surface area contributed by atoms with Crippen LogP contribution < -0.4 is 9.54 Å². The number of nitrogens with zero attached hydrogens (tertiary/aromatic N) is 2. The Morgan fingerprint density at radius 3 is 2.80 bits per heavy atom. The molecule has 0 unspecified atom stereocenters. The highest BCUT2D eigenvalue weighted by molar-refractivity contribution is 7.16. The molecule has 3 rings (SSSR count). The average Bonchev–Trinajstić information content (AvgIpc) is 3.24. The van der Waals surface area contributed by atoms with Crippen LogP contribution in [0.4, 0.5) is 0 Å². The van der Waals surface area contributed by atoms with Crippen LogP contribution in [-0.2, 0) is 11.3 Å². The van der Waals surface area contributed by atoms with Gasteiger partial charge < -0.3 is 14.0 Å². The summed E-state index contributed by atoms with van der Waals surface area (Å²) in [6.45, 7) is 6.34. The van der Waals surface area contributed by atoms with Gasteiger partial charge in [0.05, 0.1) is 22.8 Å². The predicted octanol–water partition coefficient (Wildman–Crippen LogP) is 3.94. The van der Waals surface area contributed by atoms with Gasteiger partial charge in [-0.3, -0.25) is 4.79 Å². The highest BCUT2D eigenvalue weighted by Gasteiger charge is 2.13. The molecular weight excluding hydrogens is 356 g/mol. The molecule has 3 aromatic rings. The van der Waals surface area contributed by atoms with Crippen LogP contribution in [-0.4, -0.2) is 30.3 Å². The standard InChI is InChI=1S/C18H20N2O3S2/c1-3-22-11-10-20-16-13(23-4-2)7-5-8-14(16)25-18(20)19-17(21)15-9-6-12-24-15/h5-9,12H,3-4,10-11H2,1-2H3. The van der Waals surface area contributed by atoms with E-state index in [1.165, 1.54) is 22.7 Å². The van der Waals surface area contributed by atoms with Gasteiger partial charge in [-0.2, -0.15) is 4.99 Å². The highest BCUT2D eigenvalue weighted by atomic mass is 32.1. The molecule has 0 aliphatic heterocycles. The van der Waals surface area contributed by atoms with E-state index in [1.54, 1.807) is 6.07 Å². The van der Waals surface area contributed by atoms with Crippen molar-refractivity contribution < 1.29 is 14.3 Å². The third-order valence-corrected chi connectivity index (χ3v) is 5.46. The zero-order valence-corrected chi connectivity index (χ0v) is 15.9. The number of carbonyl (C=O) groups is 1. The molecule has 1 amide bonds. The number of hydrogen-bond acceptors (Lipinski definition) is 5. The molecule has 0 N–H and O–H groups in total. The molecule has 0 spiro atoms. The van der Waals surface area contributed by atoms with E-state index in [0.717, 1.165) is 16.0 Å². The Kier molecular flexibility index (Phi) is 6.01. The fourth-order valence-electron chi connectivity index (χ4n) is 2.50. The van der Waals surface area contributed by atoms with Gasteiger partial charge in [0.1, 0.15) is 11.3 Å². The smallest absolute Gasteiger partial charge is 0.289 e. The van der Waals surface area contributed by atoms with Gasteiger partial charge in [0, 0.05) is 13.2 Å². The lowest BCUT2D eigenvalue weighted by Gasteiger charge is -2.09. The third kappa shape index (κ3) is 4.00. The lowest BCUT2D eigenvalue weighted by atomic mass is 10.3. The lowest BCUT2D eigenvalue weighted by Crippen LogP contribution is -2.20. The van der Waals surface area contributed by atoms with E-state index in [0.29, 0.717) is 36.0 Å². The summed E-state index contributed by atoms with van der Waals surface area (Å²) >= 11 is 2.89. The van der Waals surface area contributed by atoms with E-state index in [2.05, 4.69) is 4.99 Å². The second-order valence-electron chi connectivity index (χ2n) is 5.16. The second kappa shape index (κ2) is 8.42. The summed E-state index contributed by atoms with van der Waals surface area (Å²) in [5, 5.41) is 1.88. The zero-order valence-electron chi connectivity index (χ0n) is 14.2. The number of amides is 1. The molecule has 0 saturated heterocycles. The van der Waals surface area contributed by atoms with Crippen LogP contribution in [0.5, 0.6) is 5.75 Å². The number of thiophene rings is 1. The summed E-state index contributed by atoms with van der Waals surface area (Å²) in [6.07, 6.45) is 0. The number of aromatic nitrogens is 1. The Morgan fingerprint density at radius 2 is 2.08 bits per heavy atom. The van der Waals surface area contributed by atoms with Crippen molar-refractivity contribution in [2.75, 3.05) is 19.8 Å². The quantitative estimate of drug-likeness (QED) is 0.587. The molecule has 7 heteroatoms. The highest BCUT2D eigenvalue weighted by Crippen LogP contribution is 2.27. The van der Waals surface area contributed by atoms with Crippen LogP contribution in [0.15, 0.2) is 40.7 Å². The largest absolute Gasteiger partial charge is 0.492 e. The van der Waals surface area contributed by atoms with Crippen LogP contribution in [0.2, 0.25) is 0 Å². The molecule has 2 heterocycles. The number of para-hydroxylation sites is 1. The molecule has 0 saturated carbocycles. The number of thiazole rings is 1. The number of fused-ring (bicyclic) bond motifs is 1. The average molecular weight is 377 g/mol. The van der Waals surface area contributed by atoms with Gasteiger partial charge >= 0.3 is 0 Å². The fraction of sp³-hybridized carbons (Fsp3) is 0.333. The summed E-state index contributed by atoms with van der Waals surface area (Å²) in [4.78, 5) is 18.1. The SMILES string of the molecule is CCOCCn1c(=NC(=O)c2cccs2)sc2cccc(OCC)c21. The predicted molar refractivity (Wildman–Crippen MR) is 102 cm³/mol. The van der Waals surface area contributed by atoms with Crippen LogP contribution in [0, 0.1) is 0 Å². The Hall–Kier alpha value is -1.96. The van der Waals surface area contributed by atoms with Crippen molar-refractivity contribution in [1.29, 1.82) is 0 Å². The fourth-order valence-corrected chi connectivity index (χ4v) is 4.18. The normalized spacial score (nSPS) is 12.0. The van der Waals surface area contributed by atoms with Gasteiger partial charge in [-0.1, -0.05) is 23.5 Å². The molecule has 5 nitrogen and oxygen atoms in total. The number of benzene rings is 1. The second-order valence-corrected chi connectivity index (χ2v) is 7.12. The molecule has 1 aromatic carbocycles. The zero-order chi connectivity index (χ0) is 17.6. The first-order valence-electron chi connectivity index (χ1n) is 8.20. The van der Waals surface area contributed by atoms with Crippen LogP contribution in [0.1, 0.15) is 23.5 Å². The Labute approximate surface area is 154 Å². The molecule has 132 valence electrons. The summed E-state index contributed by atoms with van der Waals surface area (Å²) < 4.78 is 14.3. The number of hydrogen-bond donors (Lipinski definition) is 0. The molecule has 0 atom stereocenters. The van der Waals surface area contributed by atoms with Gasteiger partial charge in [-0.25, -0.2) is 0 Å². The minimum atomic E-state index is -0.218. The molecule has 0 fully saturated rings. The monoisotopic (exact) mass is 376 g/mol. The maximum Gasteiger partial charge on any atom is 0.289 e. The molecule has 2 aromatic heterocycles. The minimum Gasteiger partial charge on any atom is -0.492 e. The van der Waals surface area contributed by atoms with E-state index in [9.17, 15) is 4.79 Å². The van der Waals surface area contributed by atoms with Crippen molar-refractivity contribution in [3.05, 3.63) is 45.4 Å². The van der Waals surface area contributed by atoms with E-state index in [4.69, 9.17) is 9.47 Å². The van der Waals surface area contributed by atoms with Gasteiger partial charge in [0.2, 0.25) is 0 Å². The number of rotatable bonds is 7. The topological polar surface area (TPSA) is 52.8 Å². The van der Waals surface area contributed by atoms with Gasteiger partial charge in [0.25, 0.3) is 5.91 Å². The van der Waals surface area contributed by atoms with Crippen molar-refractivity contribution in [1.82, 2.24) is 4.57 Å². The number of ether oxygens (including phenoxy) is 2. The van der Waals surface area contributed by atoms with Gasteiger partial charge in [0.15, 0.2) is 4.80 Å². The van der Waals surface area contributed by atoms with Crippen molar-refractivity contribution in [2.45, 2.75) is 20.4 Å². The maximum absolute atomic E-state index is 12.4. The van der Waals surface area contributed by atoms with E-state index in [1.807, 2.05) is 48.1 Å². The lowest BCUT2D eigenvalue weighted by molar-refractivity contribution is 0.100. The van der Waals surface area contributed by atoms with Crippen molar-refractivity contribution in [2.24, 2.45) is 4.99 Å². The van der Waals surface area contributed by atoms with Crippen LogP contribution >= 0.6 is 22.7 Å². The van der Waals surface area contributed by atoms with Crippen molar-refractivity contribution >= 4 is 38.8 Å². The Bertz CT molecular complexity index is 910. The summed E-state index contributed by atoms with van der Waals surface area (Å²) in [7, 11) is 0. The molecule has 0 radical (unpaired) electrons. The van der Waals surface area contributed by atoms with Crippen molar-refractivity contribution in [3.63, 3.8) is 0 Å². The van der Waals surface area contributed by atoms with E-state index in [-0.39, 0.29) is 5.91 Å². The molecule has 25 heavy (non-hydrogen) atoms. The first-order chi connectivity index (χ1) is 12.2. The third-order valence-electron chi connectivity index (χ3n) is 3.56. The Balaban J connectivity index is 2.11. The molecule has 0 bridgehead atoms. The van der Waals surface area contributed by atoms with Crippen LogP contribution in [0.25, 0.3) is 10.2 Å². The summed E-state index contributed by atoms with van der Waals surface area (Å²) in [5.74, 6) is 0.586. The summed E-state index contributed by atoms with van der Waals surface area (Å²) in [6, 6.07) is 9.57. The minimum absolute atomic E-state index is 0.218. The van der Waals surface area contributed by atoms with Gasteiger partial charge in [-0.05, 0) is 37.4 Å². The number of carbonyl (C=O) groups excluding carboxylic acids is 1. The molecule has 0 aliphatic carbocycles. The van der Waals surface area contributed by atoms with Crippen molar-refractivity contribution in [3.8, 4) is 5.75 Å². The summed E-state index contributed by atoms with van der Waals surface area (Å²) in [5.41, 5.74) is 0.965.